The van der Waals surface area contributed by atoms with Crippen molar-refractivity contribution in [2.45, 2.75) is 43.9 Å². The summed E-state index contributed by atoms with van der Waals surface area (Å²) < 4.78 is 36.2. The molecule has 0 bridgehead atoms. The number of anilines is 1. The van der Waals surface area contributed by atoms with Gasteiger partial charge < -0.3 is 10.1 Å². The quantitative estimate of drug-likeness (QED) is 0.240. The number of esters is 1. The first-order valence-corrected chi connectivity index (χ1v) is 13.1. The topological polar surface area (TPSA) is 128 Å². The molecule has 0 fully saturated rings. The Labute approximate surface area is 215 Å². The van der Waals surface area contributed by atoms with Crippen LogP contribution in [0.25, 0.3) is 5.69 Å². The molecule has 3 heterocycles. The van der Waals surface area contributed by atoms with Crippen LogP contribution in [0.2, 0.25) is 0 Å². The van der Waals surface area contributed by atoms with Crippen LogP contribution >= 0.6 is 0 Å². The van der Waals surface area contributed by atoms with E-state index in [4.69, 9.17) is 4.74 Å². The van der Waals surface area contributed by atoms with E-state index in [2.05, 4.69) is 25.1 Å². The summed E-state index contributed by atoms with van der Waals surface area (Å²) in [5.74, 6) is -0.00215. The Kier molecular flexibility index (Phi) is 7.65. The van der Waals surface area contributed by atoms with Crippen molar-refractivity contribution in [2.24, 2.45) is 0 Å². The third-order valence-corrected chi connectivity index (χ3v) is 6.80. The average molecular weight is 521 g/mol. The first-order valence-electron chi connectivity index (χ1n) is 11.6. The van der Waals surface area contributed by atoms with Gasteiger partial charge in [-0.15, -0.1) is 0 Å². The van der Waals surface area contributed by atoms with Gasteiger partial charge in [0.2, 0.25) is 10.0 Å². The van der Waals surface area contributed by atoms with Crippen molar-refractivity contribution in [1.82, 2.24) is 24.5 Å². The molecule has 2 N–H and O–H groups in total. The number of aromatic nitrogens is 4. The zero-order valence-electron chi connectivity index (χ0n) is 20.7. The van der Waals surface area contributed by atoms with Gasteiger partial charge in [-0.3, -0.25) is 9.78 Å². The predicted molar refractivity (Wildman–Crippen MR) is 138 cm³/mol. The third-order valence-electron chi connectivity index (χ3n) is 5.34. The third kappa shape index (κ3) is 6.99. The molecule has 0 aliphatic heterocycles. The van der Waals surface area contributed by atoms with E-state index >= 15 is 0 Å². The van der Waals surface area contributed by atoms with E-state index in [0.29, 0.717) is 17.9 Å². The SMILES string of the molecule is CC(=O)OC(C)(C)Nc1cccc(C(Cc2ccc(-n3cccn3)cc2)NS(=O)(=O)c2cccnc2)n1. The first kappa shape index (κ1) is 26.0. The second-order valence-corrected chi connectivity index (χ2v) is 10.6. The zero-order valence-corrected chi connectivity index (χ0v) is 21.5. The Hall–Kier alpha value is -4.09. The predicted octanol–water partition coefficient (Wildman–Crippen LogP) is 3.64. The van der Waals surface area contributed by atoms with Gasteiger partial charge in [-0.2, -0.15) is 5.10 Å². The molecule has 4 rings (SSSR count). The van der Waals surface area contributed by atoms with Crippen molar-refractivity contribution in [3.8, 4) is 5.69 Å². The van der Waals surface area contributed by atoms with Gasteiger partial charge in [0.1, 0.15) is 10.7 Å². The number of ether oxygens (including phenoxy) is 1. The highest BCUT2D eigenvalue weighted by molar-refractivity contribution is 7.89. The molecule has 0 amide bonds. The molecule has 1 aromatic carbocycles. The summed E-state index contributed by atoms with van der Waals surface area (Å²) in [4.78, 5) is 20.1. The van der Waals surface area contributed by atoms with Crippen molar-refractivity contribution in [1.29, 1.82) is 0 Å². The molecule has 0 saturated heterocycles. The van der Waals surface area contributed by atoms with Crippen LogP contribution < -0.4 is 10.0 Å². The number of rotatable bonds is 10. The highest BCUT2D eigenvalue weighted by Gasteiger charge is 2.25. The molecular weight excluding hydrogens is 492 g/mol. The minimum Gasteiger partial charge on any atom is -0.440 e. The van der Waals surface area contributed by atoms with E-state index < -0.39 is 27.8 Å². The van der Waals surface area contributed by atoms with Gasteiger partial charge in [0.15, 0.2) is 5.72 Å². The molecule has 1 unspecified atom stereocenters. The van der Waals surface area contributed by atoms with Gasteiger partial charge in [-0.1, -0.05) is 18.2 Å². The summed E-state index contributed by atoms with van der Waals surface area (Å²) >= 11 is 0. The van der Waals surface area contributed by atoms with Crippen LogP contribution in [0.15, 0.2) is 90.3 Å². The molecule has 4 aromatic rings. The number of hydrogen-bond donors (Lipinski definition) is 2. The Morgan fingerprint density at radius 1 is 1.05 bits per heavy atom. The number of benzene rings is 1. The fraction of sp³-hybridized carbons (Fsp3) is 0.231. The van der Waals surface area contributed by atoms with Gasteiger partial charge in [0, 0.05) is 31.7 Å². The van der Waals surface area contributed by atoms with Gasteiger partial charge in [0.05, 0.1) is 17.4 Å². The van der Waals surface area contributed by atoms with Crippen LogP contribution in [0.4, 0.5) is 5.82 Å². The smallest absolute Gasteiger partial charge is 0.304 e. The average Bonchev–Trinajstić information content (AvgIpc) is 3.39. The lowest BCUT2D eigenvalue weighted by Crippen LogP contribution is -2.36. The van der Waals surface area contributed by atoms with E-state index in [1.807, 2.05) is 36.5 Å². The number of nitrogens with one attached hydrogen (secondary N) is 2. The van der Waals surface area contributed by atoms with Gasteiger partial charge in [-0.25, -0.2) is 22.8 Å². The number of pyridine rings is 2. The van der Waals surface area contributed by atoms with Crippen LogP contribution in [-0.2, 0) is 26.0 Å². The molecule has 0 spiro atoms. The van der Waals surface area contributed by atoms with Gasteiger partial charge in [0.25, 0.3) is 0 Å². The molecule has 0 radical (unpaired) electrons. The van der Waals surface area contributed by atoms with Crippen LogP contribution in [0.1, 0.15) is 38.1 Å². The Morgan fingerprint density at radius 3 is 2.49 bits per heavy atom. The summed E-state index contributed by atoms with van der Waals surface area (Å²) in [5, 5.41) is 7.31. The molecule has 0 aliphatic carbocycles. The van der Waals surface area contributed by atoms with Crippen LogP contribution in [-0.4, -0.2) is 39.9 Å². The fourth-order valence-corrected chi connectivity index (χ4v) is 4.99. The maximum Gasteiger partial charge on any atom is 0.304 e. The van der Waals surface area contributed by atoms with Crippen molar-refractivity contribution in [3.05, 3.63) is 96.7 Å². The second-order valence-electron chi connectivity index (χ2n) is 8.86. The lowest BCUT2D eigenvalue weighted by molar-refractivity contribution is -0.151. The molecule has 0 aliphatic rings. The minimum absolute atomic E-state index is 0.0549. The maximum absolute atomic E-state index is 13.2. The highest BCUT2D eigenvalue weighted by atomic mass is 32.2. The van der Waals surface area contributed by atoms with E-state index in [1.54, 1.807) is 49.0 Å². The lowest BCUT2D eigenvalue weighted by Gasteiger charge is -2.27. The zero-order chi connectivity index (χ0) is 26.5. The first-order chi connectivity index (χ1) is 17.6. The van der Waals surface area contributed by atoms with Gasteiger partial charge >= 0.3 is 5.97 Å². The number of hydrogen-bond acceptors (Lipinski definition) is 8. The van der Waals surface area contributed by atoms with E-state index in [-0.39, 0.29) is 4.90 Å². The van der Waals surface area contributed by atoms with Gasteiger partial charge in [-0.05, 0) is 68.3 Å². The number of sulfonamides is 1. The standard InChI is InChI=1S/C26H28N6O4S/c1-19(33)36-26(2,3)30-25-9-4-8-23(29-25)24(31-37(34,35)22-7-5-14-27-18-22)17-20-10-12-21(13-11-20)32-16-6-15-28-32/h4-16,18,24,31H,17H2,1-3H3,(H,29,30). The van der Waals surface area contributed by atoms with E-state index in [0.717, 1.165) is 11.3 Å². The van der Waals surface area contributed by atoms with E-state index in [9.17, 15) is 13.2 Å². The molecule has 11 heteroatoms. The van der Waals surface area contributed by atoms with Crippen molar-refractivity contribution in [2.75, 3.05) is 5.32 Å². The lowest BCUT2D eigenvalue weighted by atomic mass is 10.0. The molecule has 192 valence electrons. The van der Waals surface area contributed by atoms with Crippen LogP contribution in [0.5, 0.6) is 0 Å². The Morgan fingerprint density at radius 2 is 1.84 bits per heavy atom. The largest absolute Gasteiger partial charge is 0.440 e. The Balaban J connectivity index is 1.64. The summed E-state index contributed by atoms with van der Waals surface area (Å²) in [5.41, 5.74) is 1.27. The summed E-state index contributed by atoms with van der Waals surface area (Å²) in [6.07, 6.45) is 6.69. The number of carbonyl (C=O) groups excluding carboxylic acids is 1. The minimum atomic E-state index is -3.89. The second kappa shape index (κ2) is 10.9. The fourth-order valence-electron chi connectivity index (χ4n) is 3.82. The molecule has 37 heavy (non-hydrogen) atoms. The van der Waals surface area contributed by atoms with Crippen LogP contribution in [0.3, 0.4) is 0 Å². The summed E-state index contributed by atoms with van der Waals surface area (Å²) in [6, 6.07) is 17.1. The van der Waals surface area contributed by atoms with Crippen LogP contribution in [0, 0.1) is 0 Å². The number of carbonyl (C=O) groups is 1. The normalized spacial score (nSPS) is 12.6. The van der Waals surface area contributed by atoms with Crippen molar-refractivity contribution in [3.63, 3.8) is 0 Å². The maximum atomic E-state index is 13.2. The molecule has 1 atom stereocenters. The molecule has 3 aromatic heterocycles. The van der Waals surface area contributed by atoms with E-state index in [1.165, 1.54) is 25.4 Å². The highest BCUT2D eigenvalue weighted by Crippen LogP contribution is 2.23. The Bertz CT molecular complexity index is 1440. The summed E-state index contributed by atoms with van der Waals surface area (Å²) in [7, 11) is -3.89. The molecule has 0 saturated carbocycles. The van der Waals surface area contributed by atoms with Crippen molar-refractivity contribution >= 4 is 21.8 Å². The van der Waals surface area contributed by atoms with Crippen molar-refractivity contribution < 1.29 is 17.9 Å². The summed E-state index contributed by atoms with van der Waals surface area (Å²) in [6.45, 7) is 4.73. The molecular formula is C26H28N6O4S. The molecule has 10 nitrogen and oxygen atoms in total. The number of nitrogens with zero attached hydrogens (tertiary/aromatic N) is 4. The monoisotopic (exact) mass is 520 g/mol.